The van der Waals surface area contributed by atoms with Crippen molar-refractivity contribution in [2.45, 2.75) is 24.0 Å². The fourth-order valence-electron chi connectivity index (χ4n) is 2.75. The summed E-state index contributed by atoms with van der Waals surface area (Å²) < 4.78 is 81.9. The summed E-state index contributed by atoms with van der Waals surface area (Å²) in [4.78, 5) is 3.50. The Morgan fingerprint density at radius 2 is 1.85 bits per heavy atom. The second-order valence-corrected chi connectivity index (χ2v) is 7.52. The molecule has 2 aromatic heterocycles. The van der Waals surface area contributed by atoms with Crippen LogP contribution in [0.4, 0.5) is 17.6 Å². The Kier molecular flexibility index (Phi) is 4.91. The van der Waals surface area contributed by atoms with Crippen LogP contribution >= 0.6 is 0 Å². The SMILES string of the molecule is CCN([C@H](c1ccc(F)cc1)C(F)(F)F)S(=O)(=O)c1ccn2ncnc2c1. The second-order valence-electron chi connectivity index (χ2n) is 5.63. The molecular formula is C16H14F4N4O2S. The highest BCUT2D eigenvalue weighted by atomic mass is 32.2. The van der Waals surface area contributed by atoms with Crippen molar-refractivity contribution in [2.75, 3.05) is 6.54 Å². The molecule has 1 atom stereocenters. The molecule has 0 amide bonds. The maximum absolute atomic E-state index is 13.8. The molecule has 2 heterocycles. The lowest BCUT2D eigenvalue weighted by Crippen LogP contribution is -2.42. The number of benzene rings is 1. The molecule has 144 valence electrons. The zero-order valence-electron chi connectivity index (χ0n) is 13.9. The number of fused-ring (bicyclic) bond motifs is 1. The molecule has 0 N–H and O–H groups in total. The van der Waals surface area contributed by atoms with Crippen molar-refractivity contribution >= 4 is 15.7 Å². The van der Waals surface area contributed by atoms with E-state index in [0.29, 0.717) is 4.31 Å². The molecule has 0 bridgehead atoms. The molecule has 0 spiro atoms. The molecule has 0 saturated heterocycles. The molecule has 0 unspecified atom stereocenters. The van der Waals surface area contributed by atoms with Crippen molar-refractivity contribution in [3.63, 3.8) is 0 Å². The molecule has 6 nitrogen and oxygen atoms in total. The number of halogens is 4. The van der Waals surface area contributed by atoms with Gasteiger partial charge in [0.25, 0.3) is 0 Å². The Morgan fingerprint density at radius 3 is 2.44 bits per heavy atom. The van der Waals surface area contributed by atoms with Gasteiger partial charge in [-0.25, -0.2) is 22.3 Å². The molecule has 0 aliphatic carbocycles. The van der Waals surface area contributed by atoms with E-state index in [1.807, 2.05) is 0 Å². The van der Waals surface area contributed by atoms with E-state index in [-0.39, 0.29) is 16.1 Å². The fraction of sp³-hybridized carbons (Fsp3) is 0.250. The highest BCUT2D eigenvalue weighted by Gasteiger charge is 2.48. The normalized spacial score (nSPS) is 14.0. The third-order valence-electron chi connectivity index (χ3n) is 3.95. The van der Waals surface area contributed by atoms with Gasteiger partial charge in [0.05, 0.1) is 4.90 Å². The van der Waals surface area contributed by atoms with E-state index in [2.05, 4.69) is 10.1 Å². The van der Waals surface area contributed by atoms with Gasteiger partial charge in [-0.15, -0.1) is 0 Å². The van der Waals surface area contributed by atoms with Crippen LogP contribution in [-0.2, 0) is 10.0 Å². The van der Waals surface area contributed by atoms with Crippen molar-refractivity contribution < 1.29 is 26.0 Å². The van der Waals surface area contributed by atoms with Crippen LogP contribution in [0.15, 0.2) is 53.8 Å². The first-order chi connectivity index (χ1) is 12.6. The van der Waals surface area contributed by atoms with Gasteiger partial charge >= 0.3 is 6.18 Å². The molecule has 1 aromatic carbocycles. The summed E-state index contributed by atoms with van der Waals surface area (Å²) in [6, 6.07) is 3.40. The second kappa shape index (κ2) is 6.89. The van der Waals surface area contributed by atoms with Crippen LogP contribution in [0.5, 0.6) is 0 Å². The van der Waals surface area contributed by atoms with E-state index in [4.69, 9.17) is 0 Å². The maximum atomic E-state index is 13.8. The Labute approximate surface area is 152 Å². The number of aromatic nitrogens is 3. The number of pyridine rings is 1. The quantitative estimate of drug-likeness (QED) is 0.615. The summed E-state index contributed by atoms with van der Waals surface area (Å²) in [5.74, 6) is -0.720. The lowest BCUT2D eigenvalue weighted by Gasteiger charge is -2.31. The summed E-state index contributed by atoms with van der Waals surface area (Å²) >= 11 is 0. The summed E-state index contributed by atoms with van der Waals surface area (Å²) in [7, 11) is -4.52. The topological polar surface area (TPSA) is 67.6 Å². The Morgan fingerprint density at radius 1 is 1.19 bits per heavy atom. The molecule has 27 heavy (non-hydrogen) atoms. The van der Waals surface area contributed by atoms with Crippen LogP contribution in [0, 0.1) is 5.82 Å². The van der Waals surface area contributed by atoms with Gasteiger partial charge < -0.3 is 0 Å². The van der Waals surface area contributed by atoms with Crippen molar-refractivity contribution in [1.29, 1.82) is 0 Å². The summed E-state index contributed by atoms with van der Waals surface area (Å²) in [5.41, 5.74) is -0.199. The molecule has 0 radical (unpaired) electrons. The van der Waals surface area contributed by atoms with E-state index < -0.39 is 34.6 Å². The number of alkyl halides is 3. The third-order valence-corrected chi connectivity index (χ3v) is 5.89. The number of hydrogen-bond acceptors (Lipinski definition) is 4. The molecule has 3 rings (SSSR count). The summed E-state index contributed by atoms with van der Waals surface area (Å²) in [5, 5.41) is 3.82. The number of rotatable bonds is 5. The Hall–Kier alpha value is -2.53. The monoisotopic (exact) mass is 402 g/mol. The predicted octanol–water partition coefficient (Wildman–Crippen LogP) is 3.18. The van der Waals surface area contributed by atoms with Gasteiger partial charge in [0.1, 0.15) is 18.2 Å². The molecule has 0 fully saturated rings. The minimum atomic E-state index is -4.90. The minimum Gasteiger partial charge on any atom is -0.221 e. The average Bonchev–Trinajstić information content (AvgIpc) is 3.07. The van der Waals surface area contributed by atoms with E-state index in [0.717, 1.165) is 36.4 Å². The molecule has 0 saturated carbocycles. The van der Waals surface area contributed by atoms with Crippen molar-refractivity contribution in [2.24, 2.45) is 0 Å². The fourth-order valence-corrected chi connectivity index (χ4v) is 4.36. The van der Waals surface area contributed by atoms with Gasteiger partial charge in [0.2, 0.25) is 10.0 Å². The zero-order valence-corrected chi connectivity index (χ0v) is 14.7. The number of sulfonamides is 1. The maximum Gasteiger partial charge on any atom is 0.409 e. The van der Waals surface area contributed by atoms with Gasteiger partial charge in [-0.3, -0.25) is 0 Å². The predicted molar refractivity (Wildman–Crippen MR) is 87.7 cm³/mol. The largest absolute Gasteiger partial charge is 0.409 e. The molecule has 3 aromatic rings. The summed E-state index contributed by atoms with van der Waals surface area (Å²) in [6.45, 7) is 0.858. The first-order valence-corrected chi connectivity index (χ1v) is 9.22. The van der Waals surface area contributed by atoms with Gasteiger partial charge in [-0.1, -0.05) is 19.1 Å². The molecular weight excluding hydrogens is 388 g/mol. The highest BCUT2D eigenvalue weighted by molar-refractivity contribution is 7.89. The smallest absolute Gasteiger partial charge is 0.221 e. The first-order valence-electron chi connectivity index (χ1n) is 7.78. The van der Waals surface area contributed by atoms with Crippen LogP contribution in [0.3, 0.4) is 0 Å². The van der Waals surface area contributed by atoms with E-state index >= 15 is 0 Å². The highest BCUT2D eigenvalue weighted by Crippen LogP contribution is 2.40. The lowest BCUT2D eigenvalue weighted by atomic mass is 10.1. The van der Waals surface area contributed by atoms with Crippen LogP contribution < -0.4 is 0 Å². The first kappa shape index (κ1) is 19.2. The lowest BCUT2D eigenvalue weighted by molar-refractivity contribution is -0.173. The van der Waals surface area contributed by atoms with E-state index in [1.54, 1.807) is 0 Å². The number of nitrogens with zero attached hydrogens (tertiary/aromatic N) is 4. The molecule has 11 heteroatoms. The summed E-state index contributed by atoms with van der Waals surface area (Å²) in [6.07, 6.45) is -2.41. The van der Waals surface area contributed by atoms with Gasteiger partial charge in [-0.2, -0.15) is 22.6 Å². The van der Waals surface area contributed by atoms with Crippen LogP contribution in [0.25, 0.3) is 5.65 Å². The van der Waals surface area contributed by atoms with Crippen molar-refractivity contribution in [3.8, 4) is 0 Å². The Bertz CT molecular complexity index is 1050. The third kappa shape index (κ3) is 3.65. The standard InChI is InChI=1S/C16H14F4N4O2S/c1-2-24(15(16(18,19)20)11-3-5-12(17)6-4-11)27(25,26)13-7-8-23-14(9-13)21-10-22-23/h3-10,15H,2H2,1H3/t15-/m1/s1. The van der Waals surface area contributed by atoms with Gasteiger partial charge in [0, 0.05) is 18.8 Å². The van der Waals surface area contributed by atoms with E-state index in [1.165, 1.54) is 24.0 Å². The number of hydrogen-bond donors (Lipinski definition) is 0. The average molecular weight is 402 g/mol. The van der Waals surface area contributed by atoms with E-state index in [9.17, 15) is 26.0 Å². The Balaban J connectivity index is 2.11. The van der Waals surface area contributed by atoms with Crippen molar-refractivity contribution in [1.82, 2.24) is 18.9 Å². The van der Waals surface area contributed by atoms with Gasteiger partial charge in [-0.05, 0) is 23.8 Å². The van der Waals surface area contributed by atoms with Crippen molar-refractivity contribution in [3.05, 3.63) is 60.3 Å². The van der Waals surface area contributed by atoms with Gasteiger partial charge in [0.15, 0.2) is 5.65 Å². The van der Waals surface area contributed by atoms with Crippen LogP contribution in [-0.4, -0.2) is 40.0 Å². The molecule has 0 aliphatic rings. The zero-order chi connectivity index (χ0) is 19.8. The van der Waals surface area contributed by atoms with Crippen LogP contribution in [0.1, 0.15) is 18.5 Å². The van der Waals surface area contributed by atoms with Crippen LogP contribution in [0.2, 0.25) is 0 Å². The minimum absolute atomic E-state index is 0.178. The molecule has 0 aliphatic heterocycles.